The molecule has 15 heavy (non-hydrogen) atoms. The van der Waals surface area contributed by atoms with Crippen LogP contribution in [0.4, 0.5) is 5.69 Å². The molecule has 0 atom stereocenters. The summed E-state index contributed by atoms with van der Waals surface area (Å²) in [5, 5.41) is 2.80. The molecule has 1 saturated heterocycles. The van der Waals surface area contributed by atoms with Crippen molar-refractivity contribution in [3.05, 3.63) is 30.3 Å². The molecule has 0 saturated carbocycles. The first-order chi connectivity index (χ1) is 7.20. The second kappa shape index (κ2) is 3.73. The predicted octanol–water partition coefficient (Wildman–Crippen LogP) is 1.19. The quantitative estimate of drug-likeness (QED) is 0.679. The summed E-state index contributed by atoms with van der Waals surface area (Å²) in [6.45, 7) is 0. The third kappa shape index (κ3) is 1.70. The molecule has 0 aliphatic carbocycles. The van der Waals surface area contributed by atoms with Gasteiger partial charge in [0.15, 0.2) is 0 Å². The number of carbonyl (C=O) groups is 2. The Hall–Kier alpha value is -1.84. The topological polar surface area (TPSA) is 40.6 Å². The van der Waals surface area contributed by atoms with E-state index in [-0.39, 0.29) is 11.8 Å². The lowest BCUT2D eigenvalue weighted by Crippen LogP contribution is -2.43. The number of nitrogens with zero attached hydrogens (tertiary/aromatic N) is 2. The summed E-state index contributed by atoms with van der Waals surface area (Å²) in [6, 6.07) is 9.36. The minimum Gasteiger partial charge on any atom is -0.279 e. The van der Waals surface area contributed by atoms with E-state index in [1.165, 1.54) is 5.01 Å². The molecule has 78 valence electrons. The molecular formula is C11H12N2O2. The summed E-state index contributed by atoms with van der Waals surface area (Å²) in [6.07, 6.45) is 0.631. The van der Waals surface area contributed by atoms with Crippen LogP contribution in [0.5, 0.6) is 0 Å². The fourth-order valence-corrected chi connectivity index (χ4v) is 1.66. The predicted molar refractivity (Wildman–Crippen MR) is 55.9 cm³/mol. The lowest BCUT2D eigenvalue weighted by molar-refractivity contribution is -0.138. The third-order valence-electron chi connectivity index (χ3n) is 2.46. The van der Waals surface area contributed by atoms with Gasteiger partial charge in [-0.2, -0.15) is 5.01 Å². The smallest absolute Gasteiger partial charge is 0.248 e. The largest absolute Gasteiger partial charge is 0.279 e. The fourth-order valence-electron chi connectivity index (χ4n) is 1.66. The average molecular weight is 204 g/mol. The molecule has 0 bridgehead atoms. The standard InChI is InChI=1S/C11H12N2O2/c1-12(9-5-3-2-4-6-9)13-10(14)7-8-11(13)15/h2-6H,7-8H2,1H3. The van der Waals surface area contributed by atoms with Crippen molar-refractivity contribution in [3.8, 4) is 0 Å². The Balaban J connectivity index is 2.24. The molecule has 0 spiro atoms. The van der Waals surface area contributed by atoms with Crippen LogP contribution in [0, 0.1) is 0 Å². The number of imide groups is 1. The van der Waals surface area contributed by atoms with Crippen molar-refractivity contribution in [3.63, 3.8) is 0 Å². The zero-order valence-corrected chi connectivity index (χ0v) is 8.51. The molecule has 0 aromatic heterocycles. The van der Waals surface area contributed by atoms with Gasteiger partial charge in [-0.1, -0.05) is 18.2 Å². The van der Waals surface area contributed by atoms with Crippen molar-refractivity contribution in [2.75, 3.05) is 12.1 Å². The molecule has 4 heteroatoms. The molecule has 1 heterocycles. The van der Waals surface area contributed by atoms with E-state index in [0.29, 0.717) is 12.8 Å². The van der Waals surface area contributed by atoms with E-state index in [1.807, 2.05) is 30.3 Å². The molecule has 0 radical (unpaired) electrons. The molecule has 0 unspecified atom stereocenters. The van der Waals surface area contributed by atoms with Gasteiger partial charge in [0, 0.05) is 19.9 Å². The van der Waals surface area contributed by atoms with Crippen molar-refractivity contribution in [1.82, 2.24) is 5.01 Å². The molecule has 4 nitrogen and oxygen atoms in total. The molecule has 1 aliphatic rings. The van der Waals surface area contributed by atoms with Crippen LogP contribution in [0.3, 0.4) is 0 Å². The van der Waals surface area contributed by atoms with Crippen LogP contribution in [-0.4, -0.2) is 23.9 Å². The van der Waals surface area contributed by atoms with Gasteiger partial charge in [0.1, 0.15) is 0 Å². The lowest BCUT2D eigenvalue weighted by atomic mass is 10.3. The Kier molecular flexibility index (Phi) is 2.41. The van der Waals surface area contributed by atoms with Crippen LogP contribution in [0.25, 0.3) is 0 Å². The highest BCUT2D eigenvalue weighted by atomic mass is 16.2. The number of carbonyl (C=O) groups excluding carboxylic acids is 2. The van der Waals surface area contributed by atoms with E-state index < -0.39 is 0 Å². The van der Waals surface area contributed by atoms with Gasteiger partial charge in [0.05, 0.1) is 5.69 Å². The van der Waals surface area contributed by atoms with E-state index >= 15 is 0 Å². The van der Waals surface area contributed by atoms with E-state index in [4.69, 9.17) is 0 Å². The average Bonchev–Trinajstić information content (AvgIpc) is 2.59. The maximum Gasteiger partial charge on any atom is 0.248 e. The van der Waals surface area contributed by atoms with Gasteiger partial charge in [-0.05, 0) is 12.1 Å². The van der Waals surface area contributed by atoms with Gasteiger partial charge >= 0.3 is 0 Å². The number of rotatable bonds is 2. The van der Waals surface area contributed by atoms with Gasteiger partial charge in [-0.15, -0.1) is 0 Å². The zero-order valence-electron chi connectivity index (χ0n) is 8.51. The SMILES string of the molecule is CN(c1ccccc1)N1C(=O)CCC1=O. The van der Waals surface area contributed by atoms with Gasteiger partial charge in [0.25, 0.3) is 0 Å². The Labute approximate surface area is 88.1 Å². The summed E-state index contributed by atoms with van der Waals surface area (Å²) in [4.78, 5) is 22.9. The fraction of sp³-hybridized carbons (Fsp3) is 0.273. The van der Waals surface area contributed by atoms with Crippen molar-refractivity contribution in [1.29, 1.82) is 0 Å². The summed E-state index contributed by atoms with van der Waals surface area (Å²) in [5.41, 5.74) is 0.834. The Bertz CT molecular complexity index is 373. The summed E-state index contributed by atoms with van der Waals surface area (Å²) < 4.78 is 0. The van der Waals surface area contributed by atoms with Crippen LogP contribution in [0.1, 0.15) is 12.8 Å². The number of anilines is 1. The van der Waals surface area contributed by atoms with Crippen LogP contribution in [-0.2, 0) is 9.59 Å². The molecule has 0 N–H and O–H groups in total. The number of para-hydroxylation sites is 1. The van der Waals surface area contributed by atoms with E-state index in [2.05, 4.69) is 0 Å². The Morgan fingerprint density at radius 1 is 1.07 bits per heavy atom. The summed E-state index contributed by atoms with van der Waals surface area (Å²) in [7, 11) is 1.72. The Morgan fingerprint density at radius 3 is 2.13 bits per heavy atom. The number of benzene rings is 1. The minimum atomic E-state index is -0.133. The highest BCUT2D eigenvalue weighted by Crippen LogP contribution is 2.19. The van der Waals surface area contributed by atoms with Gasteiger partial charge in [-0.3, -0.25) is 14.6 Å². The molecule has 1 aliphatic heterocycles. The number of hydrogen-bond donors (Lipinski definition) is 0. The van der Waals surface area contributed by atoms with Crippen molar-refractivity contribution in [2.24, 2.45) is 0 Å². The first-order valence-corrected chi connectivity index (χ1v) is 4.84. The van der Waals surface area contributed by atoms with E-state index in [9.17, 15) is 9.59 Å². The van der Waals surface area contributed by atoms with Crippen molar-refractivity contribution in [2.45, 2.75) is 12.8 Å². The summed E-state index contributed by atoms with van der Waals surface area (Å²) >= 11 is 0. The minimum absolute atomic E-state index is 0.133. The van der Waals surface area contributed by atoms with Gasteiger partial charge in [-0.25, -0.2) is 0 Å². The molecule has 1 fully saturated rings. The van der Waals surface area contributed by atoms with E-state index in [0.717, 1.165) is 5.69 Å². The van der Waals surface area contributed by atoms with Gasteiger partial charge in [0.2, 0.25) is 11.8 Å². The lowest BCUT2D eigenvalue weighted by Gasteiger charge is -2.27. The van der Waals surface area contributed by atoms with Crippen LogP contribution >= 0.6 is 0 Å². The maximum atomic E-state index is 11.5. The first kappa shape index (κ1) is 9.71. The maximum absolute atomic E-state index is 11.5. The van der Waals surface area contributed by atoms with Crippen LogP contribution in [0.15, 0.2) is 30.3 Å². The molecular weight excluding hydrogens is 192 g/mol. The number of amides is 2. The number of hydrogen-bond acceptors (Lipinski definition) is 3. The van der Waals surface area contributed by atoms with E-state index in [1.54, 1.807) is 12.1 Å². The summed E-state index contributed by atoms with van der Waals surface area (Å²) in [5.74, 6) is -0.266. The molecule has 1 aromatic carbocycles. The highest BCUT2D eigenvalue weighted by molar-refractivity contribution is 6.03. The molecule has 2 rings (SSSR count). The monoisotopic (exact) mass is 204 g/mol. The Morgan fingerprint density at radius 2 is 1.60 bits per heavy atom. The van der Waals surface area contributed by atoms with Crippen molar-refractivity contribution < 1.29 is 9.59 Å². The molecule has 1 aromatic rings. The molecule has 2 amide bonds. The van der Waals surface area contributed by atoms with Crippen LogP contribution in [0.2, 0.25) is 0 Å². The second-order valence-corrected chi connectivity index (χ2v) is 3.46. The zero-order chi connectivity index (χ0) is 10.8. The first-order valence-electron chi connectivity index (χ1n) is 4.84. The van der Waals surface area contributed by atoms with Gasteiger partial charge < -0.3 is 0 Å². The highest BCUT2D eigenvalue weighted by Gasteiger charge is 2.32. The second-order valence-electron chi connectivity index (χ2n) is 3.46. The normalized spacial score (nSPS) is 15.9. The third-order valence-corrected chi connectivity index (χ3v) is 2.46. The van der Waals surface area contributed by atoms with Crippen molar-refractivity contribution >= 4 is 17.5 Å². The van der Waals surface area contributed by atoms with Crippen LogP contribution < -0.4 is 5.01 Å². The number of hydrazine groups is 1.